The van der Waals surface area contributed by atoms with Gasteiger partial charge in [-0.1, -0.05) is 6.42 Å². The molecule has 1 saturated carbocycles. The van der Waals surface area contributed by atoms with E-state index in [1.165, 1.54) is 4.90 Å². The molecule has 1 aromatic carbocycles. The third-order valence-electron chi connectivity index (χ3n) is 3.90. The van der Waals surface area contributed by atoms with Crippen LogP contribution in [0.1, 0.15) is 42.1 Å². The maximum atomic E-state index is 13.7. The molecule has 0 bridgehead atoms. The average Bonchev–Trinajstić information content (AvgIpc) is 2.36. The van der Waals surface area contributed by atoms with Gasteiger partial charge in [0.25, 0.3) is 5.91 Å². The van der Waals surface area contributed by atoms with Crippen LogP contribution in [-0.4, -0.2) is 23.9 Å². The van der Waals surface area contributed by atoms with Gasteiger partial charge in [-0.25, -0.2) is 4.39 Å². The monoisotopic (exact) mass is 303 g/mol. The molecule has 6 heteroatoms. The smallest absolute Gasteiger partial charge is 0.339 e. The minimum Gasteiger partial charge on any atom is -0.339 e. The quantitative estimate of drug-likeness (QED) is 0.767. The fraction of sp³-hybridized carbons (Fsp3) is 0.533. The number of rotatable bonds is 4. The Hall–Kier alpha value is -1.59. The Labute approximate surface area is 120 Å². The molecule has 0 unspecified atom stereocenters. The van der Waals surface area contributed by atoms with Crippen molar-refractivity contribution >= 4 is 5.91 Å². The molecule has 1 fully saturated rings. The van der Waals surface area contributed by atoms with Crippen LogP contribution in [0.3, 0.4) is 0 Å². The number of benzene rings is 1. The molecule has 1 aliphatic carbocycles. The lowest BCUT2D eigenvalue weighted by Gasteiger charge is -2.32. The number of hydrogen-bond donors (Lipinski definition) is 0. The van der Waals surface area contributed by atoms with E-state index in [-0.39, 0.29) is 0 Å². The van der Waals surface area contributed by atoms with Crippen LogP contribution in [0.25, 0.3) is 0 Å². The van der Waals surface area contributed by atoms with Gasteiger partial charge in [0.2, 0.25) is 0 Å². The van der Waals surface area contributed by atoms with Gasteiger partial charge in [-0.15, -0.1) is 0 Å². The number of hydrogen-bond acceptors (Lipinski definition) is 1. The Morgan fingerprint density at radius 3 is 2.48 bits per heavy atom. The first-order chi connectivity index (χ1) is 9.82. The van der Waals surface area contributed by atoms with Crippen molar-refractivity contribution in [3.8, 4) is 0 Å². The van der Waals surface area contributed by atoms with Crippen LogP contribution in [0.15, 0.2) is 18.2 Å². The summed E-state index contributed by atoms with van der Waals surface area (Å²) in [5, 5.41) is 0. The van der Waals surface area contributed by atoms with Crippen molar-refractivity contribution in [3.05, 3.63) is 35.1 Å². The first-order valence-corrected chi connectivity index (χ1v) is 6.99. The predicted octanol–water partition coefficient (Wildman–Crippen LogP) is 4.11. The molecule has 1 aromatic rings. The molecule has 0 radical (unpaired) electrons. The predicted molar refractivity (Wildman–Crippen MR) is 70.3 cm³/mol. The van der Waals surface area contributed by atoms with E-state index in [9.17, 15) is 22.4 Å². The number of carbonyl (C=O) groups is 1. The highest BCUT2D eigenvalue weighted by Crippen LogP contribution is 2.31. The van der Waals surface area contributed by atoms with Gasteiger partial charge in [-0.05, 0) is 43.9 Å². The lowest BCUT2D eigenvalue weighted by Crippen LogP contribution is -2.37. The Balaban J connectivity index is 2.23. The normalized spacial score (nSPS) is 15.7. The second kappa shape index (κ2) is 6.03. The van der Waals surface area contributed by atoms with Crippen molar-refractivity contribution in [2.75, 3.05) is 13.1 Å². The highest BCUT2D eigenvalue weighted by atomic mass is 19.4. The molecule has 0 aromatic heterocycles. The zero-order valence-corrected chi connectivity index (χ0v) is 11.7. The largest absolute Gasteiger partial charge is 0.416 e. The molecule has 0 saturated heterocycles. The van der Waals surface area contributed by atoms with Gasteiger partial charge < -0.3 is 4.90 Å². The lowest BCUT2D eigenvalue weighted by atomic mass is 9.85. The molecular formula is C15H17F4NO. The number of halogens is 4. The van der Waals surface area contributed by atoms with E-state index in [0.29, 0.717) is 37.2 Å². The summed E-state index contributed by atoms with van der Waals surface area (Å²) in [6.45, 7) is 2.57. The molecule has 1 aliphatic rings. The van der Waals surface area contributed by atoms with E-state index in [1.54, 1.807) is 6.92 Å². The van der Waals surface area contributed by atoms with Gasteiger partial charge >= 0.3 is 6.18 Å². The minimum atomic E-state index is -4.59. The maximum absolute atomic E-state index is 13.7. The van der Waals surface area contributed by atoms with Crippen LogP contribution in [0.5, 0.6) is 0 Å². The Kier molecular flexibility index (Phi) is 4.54. The molecule has 0 atom stereocenters. The molecule has 21 heavy (non-hydrogen) atoms. The Morgan fingerprint density at radius 1 is 1.33 bits per heavy atom. The first-order valence-electron chi connectivity index (χ1n) is 6.99. The fourth-order valence-corrected chi connectivity index (χ4v) is 2.38. The first kappa shape index (κ1) is 15.8. The summed E-state index contributed by atoms with van der Waals surface area (Å²) in [5.41, 5.74) is -1.52. The molecule has 2 rings (SSSR count). The second-order valence-corrected chi connectivity index (χ2v) is 5.33. The fourth-order valence-electron chi connectivity index (χ4n) is 2.38. The second-order valence-electron chi connectivity index (χ2n) is 5.33. The maximum Gasteiger partial charge on any atom is 0.416 e. The van der Waals surface area contributed by atoms with Gasteiger partial charge in [-0.3, -0.25) is 4.79 Å². The number of amides is 1. The van der Waals surface area contributed by atoms with Crippen LogP contribution in [0, 0.1) is 11.7 Å². The van der Waals surface area contributed by atoms with Crippen molar-refractivity contribution in [1.82, 2.24) is 4.90 Å². The van der Waals surface area contributed by atoms with Gasteiger partial charge in [0, 0.05) is 13.1 Å². The highest BCUT2D eigenvalue weighted by molar-refractivity contribution is 5.94. The average molecular weight is 303 g/mol. The summed E-state index contributed by atoms with van der Waals surface area (Å²) in [6.07, 6.45) is -1.47. The minimum absolute atomic E-state index is 0.352. The van der Waals surface area contributed by atoms with Crippen LogP contribution >= 0.6 is 0 Å². The van der Waals surface area contributed by atoms with Gasteiger partial charge in [0.15, 0.2) is 0 Å². The Morgan fingerprint density at radius 2 is 2.00 bits per heavy atom. The molecule has 0 spiro atoms. The SMILES string of the molecule is CCN(CC1CCC1)C(=O)c1cc(C(F)(F)F)ccc1F. The summed E-state index contributed by atoms with van der Waals surface area (Å²) in [4.78, 5) is 13.7. The van der Waals surface area contributed by atoms with Gasteiger partial charge in [-0.2, -0.15) is 13.2 Å². The number of nitrogens with zero attached hydrogens (tertiary/aromatic N) is 1. The van der Waals surface area contributed by atoms with Gasteiger partial charge in [0.1, 0.15) is 5.82 Å². The molecular weight excluding hydrogens is 286 g/mol. The Bertz CT molecular complexity index is 523. The number of alkyl halides is 3. The summed E-state index contributed by atoms with van der Waals surface area (Å²) in [7, 11) is 0. The van der Waals surface area contributed by atoms with Crippen molar-refractivity contribution in [1.29, 1.82) is 0 Å². The molecule has 1 amide bonds. The third kappa shape index (κ3) is 3.54. The highest BCUT2D eigenvalue weighted by Gasteiger charge is 2.33. The lowest BCUT2D eigenvalue weighted by molar-refractivity contribution is -0.137. The van der Waals surface area contributed by atoms with Gasteiger partial charge in [0.05, 0.1) is 11.1 Å². The molecule has 2 nitrogen and oxygen atoms in total. The standard InChI is InChI=1S/C15H17F4NO/c1-2-20(9-10-4-3-5-10)14(21)12-8-11(15(17,18)19)6-7-13(12)16/h6-8,10H,2-5,9H2,1H3. The molecule has 116 valence electrons. The van der Waals surface area contributed by atoms with Crippen molar-refractivity contribution in [2.45, 2.75) is 32.4 Å². The number of carbonyl (C=O) groups excluding carboxylic acids is 1. The van der Waals surface area contributed by atoms with Crippen molar-refractivity contribution in [2.24, 2.45) is 5.92 Å². The van der Waals surface area contributed by atoms with E-state index < -0.39 is 29.0 Å². The van der Waals surface area contributed by atoms with Crippen LogP contribution < -0.4 is 0 Å². The zero-order chi connectivity index (χ0) is 15.6. The van der Waals surface area contributed by atoms with E-state index in [4.69, 9.17) is 0 Å². The zero-order valence-electron chi connectivity index (χ0n) is 11.7. The van der Waals surface area contributed by atoms with Crippen LogP contribution in [0.4, 0.5) is 17.6 Å². The summed E-state index contributed by atoms with van der Waals surface area (Å²) >= 11 is 0. The topological polar surface area (TPSA) is 20.3 Å². The molecule has 0 heterocycles. The molecule has 0 N–H and O–H groups in total. The van der Waals surface area contributed by atoms with Crippen molar-refractivity contribution in [3.63, 3.8) is 0 Å². The van der Waals surface area contributed by atoms with E-state index >= 15 is 0 Å². The third-order valence-corrected chi connectivity index (χ3v) is 3.90. The van der Waals surface area contributed by atoms with E-state index in [2.05, 4.69) is 0 Å². The summed E-state index contributed by atoms with van der Waals surface area (Å²) in [6, 6.07) is 1.95. The van der Waals surface area contributed by atoms with E-state index in [1.807, 2.05) is 0 Å². The van der Waals surface area contributed by atoms with Crippen LogP contribution in [0.2, 0.25) is 0 Å². The van der Waals surface area contributed by atoms with E-state index in [0.717, 1.165) is 19.3 Å². The van der Waals surface area contributed by atoms with Crippen LogP contribution in [-0.2, 0) is 6.18 Å². The molecule has 0 aliphatic heterocycles. The van der Waals surface area contributed by atoms with Crippen molar-refractivity contribution < 1.29 is 22.4 Å². The summed E-state index contributed by atoms with van der Waals surface area (Å²) < 4.78 is 51.7. The summed E-state index contributed by atoms with van der Waals surface area (Å²) in [5.74, 6) is -1.21.